The predicted octanol–water partition coefficient (Wildman–Crippen LogP) is 1.19. The minimum atomic E-state index is -0.150. The van der Waals surface area contributed by atoms with Crippen LogP contribution in [0.25, 0.3) is 0 Å². The van der Waals surface area contributed by atoms with Crippen LogP contribution >= 0.6 is 0 Å². The number of rotatable bonds is 6. The first-order chi connectivity index (χ1) is 7.66. The Bertz CT molecular complexity index is 213. The largest absolute Gasteiger partial charge is 0.379 e. The van der Waals surface area contributed by atoms with E-state index in [9.17, 15) is 4.79 Å². The van der Waals surface area contributed by atoms with Crippen LogP contribution in [0.4, 0.5) is 0 Å². The SMILES string of the molecule is CC1(NC(=O)CCCCCN)CCCOC1. The van der Waals surface area contributed by atoms with Crippen molar-refractivity contribution in [1.82, 2.24) is 5.32 Å². The van der Waals surface area contributed by atoms with Crippen LogP contribution in [0.2, 0.25) is 0 Å². The van der Waals surface area contributed by atoms with Gasteiger partial charge in [-0.2, -0.15) is 0 Å². The Morgan fingerprint density at radius 3 is 2.88 bits per heavy atom. The quantitative estimate of drug-likeness (QED) is 0.671. The fraction of sp³-hybridized carbons (Fsp3) is 0.917. The van der Waals surface area contributed by atoms with E-state index in [1.165, 1.54) is 0 Å². The van der Waals surface area contributed by atoms with E-state index >= 15 is 0 Å². The van der Waals surface area contributed by atoms with Crippen molar-refractivity contribution in [2.24, 2.45) is 5.73 Å². The molecule has 3 N–H and O–H groups in total. The van der Waals surface area contributed by atoms with E-state index in [1.807, 2.05) is 0 Å². The van der Waals surface area contributed by atoms with Gasteiger partial charge >= 0.3 is 0 Å². The Balaban J connectivity index is 2.17. The lowest BCUT2D eigenvalue weighted by atomic mass is 9.94. The number of hydrogen-bond acceptors (Lipinski definition) is 3. The fourth-order valence-corrected chi connectivity index (χ4v) is 2.04. The van der Waals surface area contributed by atoms with Gasteiger partial charge in [-0.25, -0.2) is 0 Å². The number of carbonyl (C=O) groups excluding carboxylic acids is 1. The number of unbranched alkanes of at least 4 members (excludes halogenated alkanes) is 2. The molecule has 1 aliphatic rings. The first kappa shape index (κ1) is 13.5. The fourth-order valence-electron chi connectivity index (χ4n) is 2.04. The molecule has 4 heteroatoms. The summed E-state index contributed by atoms with van der Waals surface area (Å²) in [7, 11) is 0. The van der Waals surface area contributed by atoms with Gasteiger partial charge in [-0.1, -0.05) is 6.42 Å². The lowest BCUT2D eigenvalue weighted by Gasteiger charge is -2.34. The maximum Gasteiger partial charge on any atom is 0.220 e. The van der Waals surface area contributed by atoms with Gasteiger partial charge in [-0.05, 0) is 39.2 Å². The van der Waals surface area contributed by atoms with E-state index in [0.29, 0.717) is 19.6 Å². The number of ether oxygens (including phenoxy) is 1. The van der Waals surface area contributed by atoms with E-state index < -0.39 is 0 Å². The number of nitrogens with two attached hydrogens (primary N) is 1. The minimum Gasteiger partial charge on any atom is -0.379 e. The van der Waals surface area contributed by atoms with Crippen LogP contribution in [0, 0.1) is 0 Å². The lowest BCUT2D eigenvalue weighted by Crippen LogP contribution is -2.51. The molecule has 0 spiro atoms. The number of carbonyl (C=O) groups is 1. The zero-order valence-corrected chi connectivity index (χ0v) is 10.3. The van der Waals surface area contributed by atoms with Crippen LogP contribution in [0.1, 0.15) is 45.4 Å². The van der Waals surface area contributed by atoms with Crippen molar-refractivity contribution in [2.75, 3.05) is 19.8 Å². The highest BCUT2D eigenvalue weighted by Gasteiger charge is 2.28. The van der Waals surface area contributed by atoms with Crippen LogP contribution in [-0.4, -0.2) is 31.2 Å². The summed E-state index contributed by atoms with van der Waals surface area (Å²) in [6.45, 7) is 4.24. The second-order valence-corrected chi connectivity index (χ2v) is 4.86. The number of nitrogens with one attached hydrogen (secondary N) is 1. The molecule has 1 amide bonds. The third-order valence-electron chi connectivity index (χ3n) is 2.99. The van der Waals surface area contributed by atoms with Crippen molar-refractivity contribution in [1.29, 1.82) is 0 Å². The van der Waals surface area contributed by atoms with E-state index in [-0.39, 0.29) is 11.4 Å². The average molecular weight is 228 g/mol. The molecule has 0 bridgehead atoms. The summed E-state index contributed by atoms with van der Waals surface area (Å²) in [5.41, 5.74) is 5.25. The molecule has 1 fully saturated rings. The van der Waals surface area contributed by atoms with E-state index in [0.717, 1.165) is 38.7 Å². The Morgan fingerprint density at radius 2 is 2.25 bits per heavy atom. The van der Waals surface area contributed by atoms with Crippen molar-refractivity contribution in [3.8, 4) is 0 Å². The Hall–Kier alpha value is -0.610. The molecule has 1 atom stereocenters. The van der Waals surface area contributed by atoms with Gasteiger partial charge in [-0.15, -0.1) is 0 Å². The van der Waals surface area contributed by atoms with Crippen molar-refractivity contribution in [3.63, 3.8) is 0 Å². The summed E-state index contributed by atoms with van der Waals surface area (Å²) in [6.07, 6.45) is 5.63. The molecule has 1 rings (SSSR count). The molecule has 16 heavy (non-hydrogen) atoms. The van der Waals surface area contributed by atoms with E-state index in [4.69, 9.17) is 10.5 Å². The van der Waals surface area contributed by atoms with Crippen LogP contribution in [0.5, 0.6) is 0 Å². The molecule has 1 unspecified atom stereocenters. The van der Waals surface area contributed by atoms with Crippen molar-refractivity contribution >= 4 is 5.91 Å². The van der Waals surface area contributed by atoms with Gasteiger partial charge in [0.15, 0.2) is 0 Å². The first-order valence-corrected chi connectivity index (χ1v) is 6.25. The van der Waals surface area contributed by atoms with E-state index in [2.05, 4.69) is 12.2 Å². The van der Waals surface area contributed by atoms with Crippen LogP contribution in [0.3, 0.4) is 0 Å². The standard InChI is InChI=1S/C12H24N2O2/c1-12(7-5-9-16-10-12)14-11(15)6-3-2-4-8-13/h2-10,13H2,1H3,(H,14,15). The Labute approximate surface area is 97.9 Å². The summed E-state index contributed by atoms with van der Waals surface area (Å²) in [5, 5.41) is 3.08. The predicted molar refractivity (Wildman–Crippen MR) is 64.1 cm³/mol. The zero-order chi connectivity index (χ0) is 11.9. The van der Waals surface area contributed by atoms with Gasteiger partial charge < -0.3 is 15.8 Å². The highest BCUT2D eigenvalue weighted by molar-refractivity contribution is 5.76. The molecular weight excluding hydrogens is 204 g/mol. The summed E-state index contributed by atoms with van der Waals surface area (Å²) >= 11 is 0. The molecule has 1 saturated heterocycles. The van der Waals surface area contributed by atoms with Crippen molar-refractivity contribution in [3.05, 3.63) is 0 Å². The highest BCUT2D eigenvalue weighted by atomic mass is 16.5. The molecule has 0 saturated carbocycles. The zero-order valence-electron chi connectivity index (χ0n) is 10.3. The second kappa shape index (κ2) is 6.86. The highest BCUT2D eigenvalue weighted by Crippen LogP contribution is 2.18. The van der Waals surface area contributed by atoms with Crippen LogP contribution in [0.15, 0.2) is 0 Å². The number of hydrogen-bond donors (Lipinski definition) is 2. The van der Waals surface area contributed by atoms with Crippen LogP contribution in [-0.2, 0) is 9.53 Å². The molecule has 0 aromatic rings. The van der Waals surface area contributed by atoms with E-state index in [1.54, 1.807) is 0 Å². The molecule has 0 aliphatic carbocycles. The summed E-state index contributed by atoms with van der Waals surface area (Å²) < 4.78 is 5.40. The third-order valence-corrected chi connectivity index (χ3v) is 2.99. The molecule has 94 valence electrons. The summed E-state index contributed by atoms with van der Waals surface area (Å²) in [4.78, 5) is 11.7. The second-order valence-electron chi connectivity index (χ2n) is 4.86. The average Bonchev–Trinajstić information content (AvgIpc) is 2.25. The van der Waals surface area contributed by atoms with Gasteiger partial charge in [-0.3, -0.25) is 4.79 Å². The van der Waals surface area contributed by atoms with Gasteiger partial charge in [0, 0.05) is 13.0 Å². The molecule has 1 aliphatic heterocycles. The van der Waals surface area contributed by atoms with Gasteiger partial charge in [0.1, 0.15) is 0 Å². The monoisotopic (exact) mass is 228 g/mol. The summed E-state index contributed by atoms with van der Waals surface area (Å²) in [6, 6.07) is 0. The molecule has 1 heterocycles. The van der Waals surface area contributed by atoms with Gasteiger partial charge in [0.05, 0.1) is 12.1 Å². The molecular formula is C12H24N2O2. The maximum atomic E-state index is 11.7. The molecule has 0 aromatic heterocycles. The molecule has 4 nitrogen and oxygen atoms in total. The third kappa shape index (κ3) is 4.94. The normalized spacial score (nSPS) is 25.4. The van der Waals surface area contributed by atoms with Crippen molar-refractivity contribution in [2.45, 2.75) is 51.0 Å². The van der Waals surface area contributed by atoms with Gasteiger partial charge in [0.25, 0.3) is 0 Å². The Kier molecular flexibility index (Phi) is 5.77. The smallest absolute Gasteiger partial charge is 0.220 e. The minimum absolute atomic E-state index is 0.144. The molecule has 0 aromatic carbocycles. The maximum absolute atomic E-state index is 11.7. The van der Waals surface area contributed by atoms with Gasteiger partial charge in [0.2, 0.25) is 5.91 Å². The topological polar surface area (TPSA) is 64.4 Å². The van der Waals surface area contributed by atoms with Crippen molar-refractivity contribution < 1.29 is 9.53 Å². The summed E-state index contributed by atoms with van der Waals surface area (Å²) in [5.74, 6) is 0.144. The Morgan fingerprint density at radius 1 is 1.44 bits per heavy atom. The number of amides is 1. The molecule has 0 radical (unpaired) electrons. The lowest BCUT2D eigenvalue weighted by molar-refractivity contribution is -0.124. The van der Waals surface area contributed by atoms with Crippen LogP contribution < -0.4 is 11.1 Å². The first-order valence-electron chi connectivity index (χ1n) is 6.25.